The van der Waals surface area contributed by atoms with E-state index in [-0.39, 0.29) is 17.7 Å². The molecule has 5 nitrogen and oxygen atoms in total. The van der Waals surface area contributed by atoms with E-state index in [2.05, 4.69) is 15.5 Å². The van der Waals surface area contributed by atoms with Crippen molar-refractivity contribution in [2.75, 3.05) is 23.3 Å². The summed E-state index contributed by atoms with van der Waals surface area (Å²) >= 11 is 0. The van der Waals surface area contributed by atoms with E-state index >= 15 is 0 Å². The number of rotatable bonds is 5. The van der Waals surface area contributed by atoms with Gasteiger partial charge in [-0.1, -0.05) is 13.8 Å². The highest BCUT2D eigenvalue weighted by Crippen LogP contribution is 2.22. The van der Waals surface area contributed by atoms with E-state index in [1.165, 1.54) is 25.5 Å². The van der Waals surface area contributed by atoms with E-state index in [4.69, 9.17) is 0 Å². The number of hydrogen-bond donors (Lipinski definition) is 2. The lowest BCUT2D eigenvalue weighted by Gasteiger charge is -2.21. The molecule has 1 heterocycles. The normalized spacial score (nSPS) is 15.7. The number of nitrogens with one attached hydrogen (secondary N) is 2. The Hall–Kier alpha value is -2.04. The molecule has 5 heteroatoms. The molecule has 0 bridgehead atoms. The number of benzene rings is 1. The largest absolute Gasteiger partial charge is 0.372 e. The molecule has 2 N–H and O–H groups in total. The molecule has 0 radical (unpaired) electrons. The quantitative estimate of drug-likeness (QED) is 0.878. The van der Waals surface area contributed by atoms with Crippen molar-refractivity contribution in [2.45, 2.75) is 39.7 Å². The second kappa shape index (κ2) is 7.29. The first-order valence-corrected chi connectivity index (χ1v) is 7.90. The van der Waals surface area contributed by atoms with E-state index in [0.29, 0.717) is 0 Å². The summed E-state index contributed by atoms with van der Waals surface area (Å²) in [5, 5.41) is 5.57. The molecule has 1 saturated heterocycles. The van der Waals surface area contributed by atoms with Crippen molar-refractivity contribution < 1.29 is 9.59 Å². The molecular formula is C17H25N3O2. The predicted octanol–water partition coefficient (Wildman–Crippen LogP) is 2.39. The van der Waals surface area contributed by atoms with Crippen molar-refractivity contribution in [1.29, 1.82) is 0 Å². The Morgan fingerprint density at radius 1 is 1.09 bits per heavy atom. The highest BCUT2D eigenvalue weighted by Gasteiger charge is 2.23. The van der Waals surface area contributed by atoms with Crippen LogP contribution in [-0.4, -0.2) is 30.9 Å². The van der Waals surface area contributed by atoms with Crippen LogP contribution in [0.3, 0.4) is 0 Å². The SMILES string of the molecule is CC(=O)N[C@@H](C(=O)Nc1ccc(N2CCCC2)cc1)C(C)C. The number of nitrogens with zero attached hydrogens (tertiary/aromatic N) is 1. The van der Waals surface area contributed by atoms with Gasteiger partial charge in [0, 0.05) is 31.4 Å². The van der Waals surface area contributed by atoms with Crippen LogP contribution < -0.4 is 15.5 Å². The number of carbonyl (C=O) groups is 2. The molecule has 0 saturated carbocycles. The zero-order chi connectivity index (χ0) is 16.1. The van der Waals surface area contributed by atoms with Gasteiger partial charge in [-0.15, -0.1) is 0 Å². The fourth-order valence-electron chi connectivity index (χ4n) is 2.70. The van der Waals surface area contributed by atoms with Gasteiger partial charge < -0.3 is 15.5 Å². The lowest BCUT2D eigenvalue weighted by atomic mass is 10.0. The first kappa shape index (κ1) is 16.3. The Labute approximate surface area is 132 Å². The van der Waals surface area contributed by atoms with Gasteiger partial charge in [0.25, 0.3) is 0 Å². The molecule has 1 aliphatic rings. The average molecular weight is 303 g/mol. The van der Waals surface area contributed by atoms with E-state index in [1.807, 2.05) is 38.1 Å². The summed E-state index contributed by atoms with van der Waals surface area (Å²) in [7, 11) is 0. The minimum absolute atomic E-state index is 0.0350. The summed E-state index contributed by atoms with van der Waals surface area (Å²) in [5.74, 6) is -0.342. The van der Waals surface area contributed by atoms with E-state index < -0.39 is 6.04 Å². The van der Waals surface area contributed by atoms with Gasteiger partial charge in [0.1, 0.15) is 6.04 Å². The third kappa shape index (κ3) is 4.23. The lowest BCUT2D eigenvalue weighted by Crippen LogP contribution is -2.46. The summed E-state index contributed by atoms with van der Waals surface area (Å²) in [4.78, 5) is 25.9. The van der Waals surface area contributed by atoms with Crippen LogP contribution in [0.4, 0.5) is 11.4 Å². The van der Waals surface area contributed by atoms with Gasteiger partial charge in [0.15, 0.2) is 0 Å². The highest BCUT2D eigenvalue weighted by atomic mass is 16.2. The number of amides is 2. The number of anilines is 2. The molecule has 1 aliphatic heterocycles. The third-order valence-electron chi connectivity index (χ3n) is 3.91. The van der Waals surface area contributed by atoms with Crippen molar-refractivity contribution >= 4 is 23.2 Å². The van der Waals surface area contributed by atoms with Crippen LogP contribution >= 0.6 is 0 Å². The van der Waals surface area contributed by atoms with Gasteiger partial charge >= 0.3 is 0 Å². The van der Waals surface area contributed by atoms with Crippen molar-refractivity contribution in [3.05, 3.63) is 24.3 Å². The van der Waals surface area contributed by atoms with Gasteiger partial charge in [0.05, 0.1) is 0 Å². The first-order valence-electron chi connectivity index (χ1n) is 7.90. The topological polar surface area (TPSA) is 61.4 Å². The molecule has 1 aromatic carbocycles. The average Bonchev–Trinajstić information content (AvgIpc) is 2.99. The van der Waals surface area contributed by atoms with Crippen LogP contribution in [0.5, 0.6) is 0 Å². The van der Waals surface area contributed by atoms with Crippen LogP contribution in [0.15, 0.2) is 24.3 Å². The maximum absolute atomic E-state index is 12.3. The van der Waals surface area contributed by atoms with Gasteiger partial charge in [-0.2, -0.15) is 0 Å². The Morgan fingerprint density at radius 3 is 2.18 bits per heavy atom. The fraction of sp³-hybridized carbons (Fsp3) is 0.529. The molecular weight excluding hydrogens is 278 g/mol. The van der Waals surface area contributed by atoms with Gasteiger partial charge in [0.2, 0.25) is 11.8 Å². The van der Waals surface area contributed by atoms with Crippen molar-refractivity contribution in [3.8, 4) is 0 Å². The Balaban J connectivity index is 1.99. The fourth-order valence-corrected chi connectivity index (χ4v) is 2.70. The minimum atomic E-state index is -0.518. The molecule has 1 aromatic rings. The second-order valence-corrected chi connectivity index (χ2v) is 6.15. The maximum atomic E-state index is 12.3. The van der Waals surface area contributed by atoms with Crippen LogP contribution in [0.25, 0.3) is 0 Å². The van der Waals surface area contributed by atoms with E-state index in [1.54, 1.807) is 0 Å². The second-order valence-electron chi connectivity index (χ2n) is 6.15. The summed E-state index contributed by atoms with van der Waals surface area (Å²) in [6.45, 7) is 7.45. The number of hydrogen-bond acceptors (Lipinski definition) is 3. The standard InChI is InChI=1S/C17H25N3O2/c1-12(2)16(18-13(3)21)17(22)19-14-6-8-15(9-7-14)20-10-4-5-11-20/h6-9,12,16H,4-5,10-11H2,1-3H3,(H,18,21)(H,19,22)/t16-/m1/s1. The Morgan fingerprint density at radius 2 is 1.68 bits per heavy atom. The van der Waals surface area contributed by atoms with Gasteiger partial charge in [-0.25, -0.2) is 0 Å². The predicted molar refractivity (Wildman–Crippen MR) is 89.0 cm³/mol. The Bertz CT molecular complexity index is 519. The molecule has 1 atom stereocenters. The minimum Gasteiger partial charge on any atom is -0.372 e. The van der Waals surface area contributed by atoms with Crippen LogP contribution in [0.1, 0.15) is 33.6 Å². The monoisotopic (exact) mass is 303 g/mol. The van der Waals surface area contributed by atoms with Crippen LogP contribution in [0.2, 0.25) is 0 Å². The zero-order valence-corrected chi connectivity index (χ0v) is 13.6. The smallest absolute Gasteiger partial charge is 0.247 e. The third-order valence-corrected chi connectivity index (χ3v) is 3.91. The maximum Gasteiger partial charge on any atom is 0.247 e. The van der Waals surface area contributed by atoms with Crippen LogP contribution in [-0.2, 0) is 9.59 Å². The van der Waals surface area contributed by atoms with E-state index in [0.717, 1.165) is 18.8 Å². The molecule has 0 aromatic heterocycles. The van der Waals surface area contributed by atoms with Gasteiger partial charge in [-0.3, -0.25) is 9.59 Å². The van der Waals surface area contributed by atoms with Crippen molar-refractivity contribution in [3.63, 3.8) is 0 Å². The molecule has 1 fully saturated rings. The van der Waals surface area contributed by atoms with Gasteiger partial charge in [-0.05, 0) is 43.0 Å². The Kier molecular flexibility index (Phi) is 5.41. The molecule has 2 amide bonds. The zero-order valence-electron chi connectivity index (χ0n) is 13.6. The lowest BCUT2D eigenvalue weighted by molar-refractivity contribution is -0.126. The molecule has 22 heavy (non-hydrogen) atoms. The molecule has 120 valence electrons. The summed E-state index contributed by atoms with van der Waals surface area (Å²) in [6.07, 6.45) is 2.48. The summed E-state index contributed by atoms with van der Waals surface area (Å²) < 4.78 is 0. The molecule has 0 unspecified atom stereocenters. The number of carbonyl (C=O) groups excluding carboxylic acids is 2. The first-order chi connectivity index (χ1) is 10.5. The molecule has 0 spiro atoms. The summed E-state index contributed by atoms with van der Waals surface area (Å²) in [6, 6.07) is 7.37. The van der Waals surface area contributed by atoms with Crippen molar-refractivity contribution in [1.82, 2.24) is 5.32 Å². The van der Waals surface area contributed by atoms with Crippen LogP contribution in [0, 0.1) is 5.92 Å². The molecule has 0 aliphatic carbocycles. The highest BCUT2D eigenvalue weighted by molar-refractivity contribution is 5.97. The summed E-state index contributed by atoms with van der Waals surface area (Å²) in [5.41, 5.74) is 1.95. The molecule has 2 rings (SSSR count). The van der Waals surface area contributed by atoms with Crippen molar-refractivity contribution in [2.24, 2.45) is 5.92 Å². The van der Waals surface area contributed by atoms with E-state index in [9.17, 15) is 9.59 Å².